The van der Waals surface area contributed by atoms with Gasteiger partial charge in [0, 0.05) is 65.5 Å². The van der Waals surface area contributed by atoms with Crippen molar-refractivity contribution in [3.8, 4) is 11.4 Å². The lowest BCUT2D eigenvalue weighted by atomic mass is 10.0. The van der Waals surface area contributed by atoms with Gasteiger partial charge < -0.3 is 18.5 Å². The summed E-state index contributed by atoms with van der Waals surface area (Å²) in [7, 11) is 0. The van der Waals surface area contributed by atoms with E-state index in [0.29, 0.717) is 0 Å². The molecule has 0 bridgehead atoms. The predicted molar refractivity (Wildman–Crippen MR) is 192 cm³/mol. The lowest BCUT2D eigenvalue weighted by Gasteiger charge is -2.09. The van der Waals surface area contributed by atoms with Crippen molar-refractivity contribution in [2.45, 2.75) is 0 Å². The van der Waals surface area contributed by atoms with Gasteiger partial charge in [0.1, 0.15) is 11.2 Å². The van der Waals surface area contributed by atoms with Gasteiger partial charge >= 0.3 is 0 Å². The zero-order valence-corrected chi connectivity index (χ0v) is 24.7. The predicted octanol–water partition coefficient (Wildman–Crippen LogP) is 11.4. The molecular weight excluding hydrogens is 562 g/mol. The molecule has 46 heavy (non-hydrogen) atoms. The molecule has 0 fully saturated rings. The summed E-state index contributed by atoms with van der Waals surface area (Å²) in [6.45, 7) is 0. The van der Waals surface area contributed by atoms with Gasteiger partial charge in [0.2, 0.25) is 0 Å². The first-order chi connectivity index (χ1) is 22.8. The zero-order chi connectivity index (χ0) is 29.9. The van der Waals surface area contributed by atoms with E-state index in [0.717, 1.165) is 44.3 Å². The molecule has 214 valence electrons. The number of aromatic amines is 1. The van der Waals surface area contributed by atoms with Gasteiger partial charge in [0.05, 0.1) is 22.1 Å². The van der Waals surface area contributed by atoms with E-state index in [2.05, 4.69) is 160 Å². The molecule has 0 radical (unpaired) electrons. The average molecular weight is 588 g/mol. The molecular formula is C42H25N3O. The Morgan fingerprint density at radius 3 is 1.39 bits per heavy atom. The lowest BCUT2D eigenvalue weighted by molar-refractivity contribution is 0.669. The largest absolute Gasteiger partial charge is 0.456 e. The fourth-order valence-electron chi connectivity index (χ4n) is 7.91. The third-order valence-electron chi connectivity index (χ3n) is 9.84. The molecule has 4 nitrogen and oxygen atoms in total. The number of rotatable bonds is 2. The summed E-state index contributed by atoms with van der Waals surface area (Å²) >= 11 is 0. The monoisotopic (exact) mass is 587 g/mol. The maximum atomic E-state index is 6.52. The summed E-state index contributed by atoms with van der Waals surface area (Å²) in [5.41, 5.74) is 11.1. The van der Waals surface area contributed by atoms with Gasteiger partial charge in [-0.15, -0.1) is 0 Å². The molecule has 4 heteroatoms. The molecule has 1 N–H and O–H groups in total. The van der Waals surface area contributed by atoms with E-state index < -0.39 is 0 Å². The zero-order valence-electron chi connectivity index (χ0n) is 24.7. The van der Waals surface area contributed by atoms with Crippen molar-refractivity contribution in [2.75, 3.05) is 0 Å². The van der Waals surface area contributed by atoms with Crippen LogP contribution in [-0.2, 0) is 0 Å². The van der Waals surface area contributed by atoms with E-state index in [4.69, 9.17) is 4.42 Å². The van der Waals surface area contributed by atoms with E-state index >= 15 is 0 Å². The smallest absolute Gasteiger partial charge is 0.136 e. The number of fused-ring (bicyclic) bond motifs is 13. The number of nitrogens with one attached hydrogen (secondary N) is 1. The van der Waals surface area contributed by atoms with Crippen LogP contribution in [0.1, 0.15) is 0 Å². The van der Waals surface area contributed by atoms with E-state index in [1.165, 1.54) is 54.4 Å². The Labute approximate surface area is 262 Å². The second kappa shape index (κ2) is 8.68. The molecule has 0 spiro atoms. The number of aromatic nitrogens is 3. The minimum absolute atomic E-state index is 0.889. The molecule has 0 amide bonds. The van der Waals surface area contributed by atoms with E-state index in [-0.39, 0.29) is 0 Å². The molecule has 0 saturated carbocycles. The highest BCUT2D eigenvalue weighted by Gasteiger charge is 2.19. The minimum Gasteiger partial charge on any atom is -0.456 e. The molecule has 0 aliphatic rings. The fourth-order valence-corrected chi connectivity index (χ4v) is 7.91. The van der Waals surface area contributed by atoms with Crippen LogP contribution >= 0.6 is 0 Å². The number of furan rings is 1. The molecule has 0 atom stereocenters. The summed E-state index contributed by atoms with van der Waals surface area (Å²) < 4.78 is 11.3. The van der Waals surface area contributed by atoms with Crippen molar-refractivity contribution < 1.29 is 4.42 Å². The number of para-hydroxylation sites is 4. The van der Waals surface area contributed by atoms with Crippen molar-refractivity contribution in [3.05, 3.63) is 146 Å². The average Bonchev–Trinajstić information content (AvgIpc) is 3.85. The van der Waals surface area contributed by atoms with E-state index in [1.54, 1.807) is 0 Å². The topological polar surface area (TPSA) is 38.8 Å². The van der Waals surface area contributed by atoms with Gasteiger partial charge in [-0.05, 0) is 72.8 Å². The number of nitrogens with zero attached hydrogens (tertiary/aromatic N) is 2. The Kier molecular flexibility index (Phi) is 4.55. The molecule has 0 unspecified atom stereocenters. The van der Waals surface area contributed by atoms with Crippen LogP contribution < -0.4 is 0 Å². The first-order valence-corrected chi connectivity index (χ1v) is 15.7. The molecule has 0 aliphatic carbocycles. The number of benzene rings is 7. The first kappa shape index (κ1) is 24.1. The lowest BCUT2D eigenvalue weighted by Crippen LogP contribution is -1.93. The quantitative estimate of drug-likeness (QED) is 0.215. The van der Waals surface area contributed by atoms with Crippen molar-refractivity contribution in [2.24, 2.45) is 0 Å². The van der Waals surface area contributed by atoms with Gasteiger partial charge in [0.15, 0.2) is 0 Å². The Balaban J connectivity index is 1.22. The summed E-state index contributed by atoms with van der Waals surface area (Å²) in [6.07, 6.45) is 0. The number of hydrogen-bond donors (Lipinski definition) is 1. The van der Waals surface area contributed by atoms with Crippen molar-refractivity contribution in [1.82, 2.24) is 14.1 Å². The van der Waals surface area contributed by atoms with Crippen LogP contribution in [0.15, 0.2) is 150 Å². The van der Waals surface area contributed by atoms with Crippen molar-refractivity contribution >= 4 is 87.4 Å². The Bertz CT molecular complexity index is 2720. The van der Waals surface area contributed by atoms with E-state index in [1.807, 2.05) is 0 Å². The molecule has 0 saturated heterocycles. The SMILES string of the molecule is c1ccc2c(c1)c1ccccc1n2-c1ccc2[nH]c3ccc4oc5ccc(-n6c7ccccc7c7ccccc76)cc5c4c3c2c1. The second-order valence-corrected chi connectivity index (χ2v) is 12.2. The summed E-state index contributed by atoms with van der Waals surface area (Å²) in [5.74, 6) is 0. The molecule has 11 aromatic rings. The van der Waals surface area contributed by atoms with Gasteiger partial charge in [-0.3, -0.25) is 0 Å². The van der Waals surface area contributed by atoms with Crippen LogP contribution in [0.5, 0.6) is 0 Å². The van der Waals surface area contributed by atoms with Crippen LogP contribution in [0.3, 0.4) is 0 Å². The van der Waals surface area contributed by atoms with Gasteiger partial charge in [-0.1, -0.05) is 72.8 Å². The number of H-pyrrole nitrogens is 1. The van der Waals surface area contributed by atoms with E-state index in [9.17, 15) is 0 Å². The Morgan fingerprint density at radius 2 is 0.826 bits per heavy atom. The summed E-state index contributed by atoms with van der Waals surface area (Å²) in [6, 6.07) is 52.3. The summed E-state index contributed by atoms with van der Waals surface area (Å²) in [4.78, 5) is 3.71. The highest BCUT2D eigenvalue weighted by atomic mass is 16.3. The first-order valence-electron chi connectivity index (χ1n) is 15.7. The van der Waals surface area contributed by atoms with Crippen LogP contribution in [0.2, 0.25) is 0 Å². The van der Waals surface area contributed by atoms with Crippen LogP contribution in [0, 0.1) is 0 Å². The van der Waals surface area contributed by atoms with Crippen molar-refractivity contribution in [1.29, 1.82) is 0 Å². The second-order valence-electron chi connectivity index (χ2n) is 12.2. The van der Waals surface area contributed by atoms with Crippen molar-refractivity contribution in [3.63, 3.8) is 0 Å². The van der Waals surface area contributed by atoms with Crippen LogP contribution in [-0.4, -0.2) is 14.1 Å². The molecule has 7 aromatic carbocycles. The normalized spacial score (nSPS) is 12.3. The van der Waals surface area contributed by atoms with Gasteiger partial charge in [-0.25, -0.2) is 0 Å². The standard InChI is InChI=1S/C42H25N3O/c1-5-13-35-27(9-1)28-10-2-6-14-36(28)44(35)25-17-19-33-31(23-25)41-34(43-33)20-22-40-42(41)32-24-26(18-21-39(32)46-40)45-37-15-7-3-11-29(37)30-12-4-8-16-38(30)45/h1-24,43H. The summed E-state index contributed by atoms with van der Waals surface area (Å²) in [5, 5.41) is 9.66. The molecule has 4 heterocycles. The molecule has 11 rings (SSSR count). The Hall–Kier alpha value is -6.26. The van der Waals surface area contributed by atoms with Gasteiger partial charge in [0.25, 0.3) is 0 Å². The maximum absolute atomic E-state index is 6.52. The Morgan fingerprint density at radius 1 is 0.370 bits per heavy atom. The highest BCUT2D eigenvalue weighted by Crippen LogP contribution is 2.41. The third-order valence-corrected chi connectivity index (χ3v) is 9.84. The third kappa shape index (κ3) is 3.07. The molecule has 4 aromatic heterocycles. The van der Waals surface area contributed by atoms with Crippen LogP contribution in [0.4, 0.5) is 0 Å². The number of hydrogen-bond acceptors (Lipinski definition) is 1. The molecule has 0 aliphatic heterocycles. The maximum Gasteiger partial charge on any atom is 0.136 e. The minimum atomic E-state index is 0.889. The fraction of sp³-hybridized carbons (Fsp3) is 0. The van der Waals surface area contributed by atoms with Crippen LogP contribution in [0.25, 0.3) is 98.7 Å². The highest BCUT2D eigenvalue weighted by molar-refractivity contribution is 6.27. The van der Waals surface area contributed by atoms with Gasteiger partial charge in [-0.2, -0.15) is 0 Å².